The maximum atomic E-state index is 12.8. The molecular weight excluding hydrogens is 310 g/mol. The molecule has 0 spiro atoms. The molecule has 0 atom stereocenters. The van der Waals surface area contributed by atoms with E-state index >= 15 is 0 Å². The number of benzene rings is 2. The van der Waals surface area contributed by atoms with Crippen molar-refractivity contribution in [2.75, 3.05) is 14.2 Å². The zero-order valence-corrected chi connectivity index (χ0v) is 13.0. The Bertz CT molecular complexity index is 1080. The number of aromatic nitrogens is 1. The summed E-state index contributed by atoms with van der Waals surface area (Å²) in [5.74, 6) is 0.306. The Morgan fingerprint density at radius 3 is 2.33 bits per heavy atom. The van der Waals surface area contributed by atoms with Crippen LogP contribution in [0.5, 0.6) is 11.5 Å². The van der Waals surface area contributed by atoms with Crippen LogP contribution in [0.15, 0.2) is 41.2 Å². The van der Waals surface area contributed by atoms with Crippen LogP contribution in [-0.2, 0) is 0 Å². The Balaban J connectivity index is 2.24. The van der Waals surface area contributed by atoms with E-state index in [0.717, 1.165) is 0 Å². The van der Waals surface area contributed by atoms with Crippen molar-refractivity contribution in [3.05, 3.63) is 57.9 Å². The van der Waals surface area contributed by atoms with Crippen molar-refractivity contribution < 1.29 is 19.5 Å². The van der Waals surface area contributed by atoms with E-state index in [-0.39, 0.29) is 28.2 Å². The summed E-state index contributed by atoms with van der Waals surface area (Å²) in [6.07, 6.45) is 0. The number of pyridine rings is 1. The summed E-state index contributed by atoms with van der Waals surface area (Å²) in [4.78, 5) is 25.5. The van der Waals surface area contributed by atoms with Crippen LogP contribution < -0.4 is 15.0 Å². The van der Waals surface area contributed by atoms with Crippen LogP contribution in [0.1, 0.15) is 15.9 Å². The number of ether oxygens (including phenoxy) is 2. The Hall–Kier alpha value is -3.28. The molecule has 0 radical (unpaired) electrons. The zero-order valence-electron chi connectivity index (χ0n) is 13.0. The molecule has 0 fully saturated rings. The maximum Gasteiger partial charge on any atom is 0.295 e. The smallest absolute Gasteiger partial charge is 0.295 e. The fourth-order valence-corrected chi connectivity index (χ4v) is 3.29. The largest absolute Gasteiger partial charge is 0.493 e. The molecule has 1 aliphatic carbocycles. The molecule has 4 rings (SSSR count). The average molecular weight is 323 g/mol. The van der Waals surface area contributed by atoms with E-state index in [1.165, 1.54) is 14.2 Å². The number of ketones is 1. The normalized spacial score (nSPS) is 12.2. The summed E-state index contributed by atoms with van der Waals surface area (Å²) >= 11 is 0. The van der Waals surface area contributed by atoms with Gasteiger partial charge in [0.25, 0.3) is 5.56 Å². The number of methoxy groups -OCH3 is 2. The molecule has 1 aromatic heterocycles. The van der Waals surface area contributed by atoms with E-state index in [4.69, 9.17) is 9.47 Å². The zero-order chi connectivity index (χ0) is 17.0. The lowest BCUT2D eigenvalue weighted by molar-refractivity contribution is 0.104. The molecule has 1 heterocycles. The van der Waals surface area contributed by atoms with Gasteiger partial charge in [-0.3, -0.25) is 9.59 Å². The third-order valence-corrected chi connectivity index (χ3v) is 4.32. The molecule has 6 nitrogen and oxygen atoms in total. The van der Waals surface area contributed by atoms with Crippen molar-refractivity contribution in [3.63, 3.8) is 0 Å². The molecule has 1 aliphatic rings. The first-order valence-electron chi connectivity index (χ1n) is 7.27. The summed E-state index contributed by atoms with van der Waals surface area (Å²) in [6, 6.07) is 10.2. The van der Waals surface area contributed by atoms with Crippen LogP contribution in [-0.4, -0.2) is 29.9 Å². The second-order valence-electron chi connectivity index (χ2n) is 5.44. The number of carbonyl (C=O) groups is 1. The monoisotopic (exact) mass is 323 g/mol. The maximum absolute atomic E-state index is 12.8. The van der Waals surface area contributed by atoms with Crippen LogP contribution in [0.4, 0.5) is 0 Å². The van der Waals surface area contributed by atoms with E-state index in [1.807, 2.05) is 0 Å². The van der Waals surface area contributed by atoms with Crippen LogP contribution in [0, 0.1) is 0 Å². The van der Waals surface area contributed by atoms with Gasteiger partial charge in [0.1, 0.15) is 5.69 Å². The van der Waals surface area contributed by atoms with Crippen molar-refractivity contribution in [2.45, 2.75) is 0 Å². The van der Waals surface area contributed by atoms with Crippen molar-refractivity contribution >= 4 is 16.6 Å². The minimum absolute atomic E-state index is 0.110. The first-order valence-corrected chi connectivity index (χ1v) is 7.27. The lowest BCUT2D eigenvalue weighted by Crippen LogP contribution is -2.21. The van der Waals surface area contributed by atoms with Gasteiger partial charge in [0.2, 0.25) is 0 Å². The predicted octanol–water partition coefficient (Wildman–Crippen LogP) is 2.47. The lowest BCUT2D eigenvalue weighted by Gasteiger charge is -2.14. The third-order valence-electron chi connectivity index (χ3n) is 4.32. The standard InChI is InChI=1S/C18H13NO5/c1-23-12-8-7-11-13-15(9-5-3-4-6-10(9)16(13)20)19(22)18(21)14(11)17(12)24-2/h3-8,22H,1-2H3. The number of hydrogen-bond donors (Lipinski definition) is 1. The highest BCUT2D eigenvalue weighted by Gasteiger charge is 2.34. The first-order chi connectivity index (χ1) is 11.6. The number of nitrogens with zero attached hydrogens (tertiary/aromatic N) is 1. The molecule has 2 aromatic carbocycles. The Kier molecular flexibility index (Phi) is 2.90. The van der Waals surface area contributed by atoms with E-state index < -0.39 is 5.56 Å². The molecule has 0 unspecified atom stereocenters. The molecule has 0 amide bonds. The first kappa shape index (κ1) is 14.3. The summed E-state index contributed by atoms with van der Waals surface area (Å²) in [5, 5.41) is 11.0. The topological polar surface area (TPSA) is 77.8 Å². The Morgan fingerprint density at radius 1 is 0.958 bits per heavy atom. The van der Waals surface area contributed by atoms with Gasteiger partial charge in [-0.25, -0.2) is 0 Å². The van der Waals surface area contributed by atoms with Crippen LogP contribution >= 0.6 is 0 Å². The Morgan fingerprint density at radius 2 is 1.67 bits per heavy atom. The number of carbonyl (C=O) groups excluding carboxylic acids is 1. The van der Waals surface area contributed by atoms with Gasteiger partial charge >= 0.3 is 0 Å². The van der Waals surface area contributed by atoms with E-state index in [1.54, 1.807) is 36.4 Å². The van der Waals surface area contributed by atoms with E-state index in [9.17, 15) is 14.8 Å². The highest BCUT2D eigenvalue weighted by Crippen LogP contribution is 2.42. The number of hydrogen-bond acceptors (Lipinski definition) is 5. The van der Waals surface area contributed by atoms with Gasteiger partial charge in [0.15, 0.2) is 17.3 Å². The third kappa shape index (κ3) is 1.59. The average Bonchev–Trinajstić information content (AvgIpc) is 2.91. The molecule has 0 bridgehead atoms. The molecule has 0 aliphatic heterocycles. The van der Waals surface area contributed by atoms with Crippen LogP contribution in [0.25, 0.3) is 22.0 Å². The van der Waals surface area contributed by atoms with Crippen molar-refractivity contribution in [1.29, 1.82) is 0 Å². The van der Waals surface area contributed by atoms with Gasteiger partial charge < -0.3 is 14.7 Å². The van der Waals surface area contributed by atoms with Crippen LogP contribution in [0.3, 0.4) is 0 Å². The van der Waals surface area contributed by atoms with Gasteiger partial charge in [0, 0.05) is 16.5 Å². The molecule has 6 heteroatoms. The highest BCUT2D eigenvalue weighted by atomic mass is 16.5. The van der Waals surface area contributed by atoms with Crippen LogP contribution in [0.2, 0.25) is 0 Å². The minimum atomic E-state index is -0.663. The molecular formula is C18H13NO5. The van der Waals surface area contributed by atoms with Gasteiger partial charge in [-0.05, 0) is 12.1 Å². The fourth-order valence-electron chi connectivity index (χ4n) is 3.29. The fraction of sp³-hybridized carbons (Fsp3) is 0.111. The SMILES string of the molecule is COc1ccc2c3c(n(O)c(=O)c2c1OC)-c1ccccc1C3=O. The van der Waals surface area contributed by atoms with Crippen molar-refractivity contribution in [2.24, 2.45) is 0 Å². The second kappa shape index (κ2) is 4.86. The molecule has 0 saturated heterocycles. The lowest BCUT2D eigenvalue weighted by atomic mass is 10.0. The molecule has 1 N–H and O–H groups in total. The molecule has 3 aromatic rings. The van der Waals surface area contributed by atoms with Crippen molar-refractivity contribution in [1.82, 2.24) is 4.73 Å². The summed E-state index contributed by atoms with van der Waals surface area (Å²) in [7, 11) is 2.86. The number of rotatable bonds is 2. The minimum Gasteiger partial charge on any atom is -0.493 e. The molecule has 24 heavy (non-hydrogen) atoms. The highest BCUT2D eigenvalue weighted by molar-refractivity contribution is 6.27. The molecule has 120 valence electrons. The molecule has 0 saturated carbocycles. The van der Waals surface area contributed by atoms with Gasteiger partial charge in [-0.15, -0.1) is 4.73 Å². The summed E-state index contributed by atoms with van der Waals surface area (Å²) in [5.41, 5.74) is 0.823. The van der Waals surface area contributed by atoms with Gasteiger partial charge in [-0.1, -0.05) is 24.3 Å². The second-order valence-corrected chi connectivity index (χ2v) is 5.44. The van der Waals surface area contributed by atoms with Crippen molar-refractivity contribution in [3.8, 4) is 22.8 Å². The summed E-state index contributed by atoms with van der Waals surface area (Å²) < 4.78 is 11.0. The Labute approximate surface area is 136 Å². The van der Waals surface area contributed by atoms with E-state index in [0.29, 0.717) is 27.0 Å². The number of fused-ring (bicyclic) bond motifs is 5. The quantitative estimate of drug-likeness (QED) is 0.573. The van der Waals surface area contributed by atoms with E-state index in [2.05, 4.69) is 0 Å². The van der Waals surface area contributed by atoms with Gasteiger partial charge in [0.05, 0.1) is 25.2 Å². The van der Waals surface area contributed by atoms with Gasteiger partial charge in [-0.2, -0.15) is 0 Å². The predicted molar refractivity (Wildman–Crippen MR) is 87.4 cm³/mol. The summed E-state index contributed by atoms with van der Waals surface area (Å²) in [6.45, 7) is 0.